The molecule has 2 aromatic rings. The lowest BCUT2D eigenvalue weighted by atomic mass is 10.0. The van der Waals surface area contributed by atoms with E-state index in [1.807, 2.05) is 24.3 Å². The van der Waals surface area contributed by atoms with Gasteiger partial charge in [-0.2, -0.15) is 0 Å². The predicted molar refractivity (Wildman–Crippen MR) is 70.3 cm³/mol. The zero-order valence-electron chi connectivity index (χ0n) is 9.47. The smallest absolute Gasteiger partial charge is 0.176 e. The molecule has 2 rings (SSSR count). The van der Waals surface area contributed by atoms with Gasteiger partial charge in [-0.3, -0.25) is 0 Å². The fourth-order valence-electron chi connectivity index (χ4n) is 1.89. The summed E-state index contributed by atoms with van der Waals surface area (Å²) in [6.45, 7) is 3.66. The lowest BCUT2D eigenvalue weighted by Crippen LogP contribution is -2.06. The van der Waals surface area contributed by atoms with Crippen LogP contribution in [0.1, 0.15) is 5.56 Å². The highest BCUT2D eigenvalue weighted by Crippen LogP contribution is 2.28. The Morgan fingerprint density at radius 3 is 2.41 bits per heavy atom. The molecule has 0 aliphatic rings. The topological polar surface area (TPSA) is 60.2 Å². The normalized spacial score (nSPS) is 11.6. The van der Waals surface area contributed by atoms with Crippen LogP contribution in [0.25, 0.3) is 16.5 Å². The van der Waals surface area contributed by atoms with Crippen LogP contribution in [0.3, 0.4) is 0 Å². The lowest BCUT2D eigenvalue weighted by molar-refractivity contribution is 0.602. The second-order valence-corrected chi connectivity index (χ2v) is 5.94. The van der Waals surface area contributed by atoms with Crippen molar-refractivity contribution < 1.29 is 8.42 Å². The first-order chi connectivity index (χ1) is 7.91. The molecule has 0 atom stereocenters. The van der Waals surface area contributed by atoms with E-state index in [0.717, 1.165) is 10.8 Å². The highest BCUT2D eigenvalue weighted by molar-refractivity contribution is 7.90. The Hall–Kier alpha value is -1.81. The van der Waals surface area contributed by atoms with Crippen LogP contribution in [0.4, 0.5) is 0 Å². The van der Waals surface area contributed by atoms with E-state index < -0.39 is 9.84 Å². The second kappa shape index (κ2) is 3.89. The van der Waals surface area contributed by atoms with Gasteiger partial charge in [-0.15, -0.1) is 0 Å². The average Bonchev–Trinajstić information content (AvgIpc) is 2.26. The Labute approximate surface area is 100 Å². The van der Waals surface area contributed by atoms with Gasteiger partial charge in [0.1, 0.15) is 0 Å². The van der Waals surface area contributed by atoms with Gasteiger partial charge in [0, 0.05) is 17.5 Å². The summed E-state index contributed by atoms with van der Waals surface area (Å²) in [5.41, 5.74) is 6.49. The van der Waals surface area contributed by atoms with Crippen LogP contribution < -0.4 is 5.73 Å². The Morgan fingerprint density at radius 1 is 1.18 bits per heavy atom. The molecule has 0 heterocycles. The summed E-state index contributed by atoms with van der Waals surface area (Å²) in [7, 11) is -3.31. The van der Waals surface area contributed by atoms with Gasteiger partial charge in [0.25, 0.3) is 0 Å². The van der Waals surface area contributed by atoms with Crippen molar-refractivity contribution in [2.45, 2.75) is 4.90 Å². The summed E-state index contributed by atoms with van der Waals surface area (Å²) in [6.07, 6.45) is 1.17. The molecule has 0 amide bonds. The fourth-order valence-corrected chi connectivity index (χ4v) is 2.82. The number of hydrogen-bond acceptors (Lipinski definition) is 3. The van der Waals surface area contributed by atoms with Crippen molar-refractivity contribution in [2.75, 3.05) is 6.26 Å². The van der Waals surface area contributed by atoms with Gasteiger partial charge in [-0.1, -0.05) is 36.9 Å². The minimum Gasteiger partial charge on any atom is -0.399 e. The molecule has 0 aliphatic carbocycles. The first kappa shape index (κ1) is 11.7. The number of hydrogen-bond donors (Lipinski definition) is 1. The summed E-state index contributed by atoms with van der Waals surface area (Å²) >= 11 is 0. The Balaban J connectivity index is 2.98. The van der Waals surface area contributed by atoms with Crippen LogP contribution >= 0.6 is 0 Å². The molecule has 0 radical (unpaired) electrons. The van der Waals surface area contributed by atoms with E-state index in [2.05, 4.69) is 6.58 Å². The minimum atomic E-state index is -3.31. The molecule has 88 valence electrons. The summed E-state index contributed by atoms with van der Waals surface area (Å²) < 4.78 is 23.4. The Morgan fingerprint density at radius 2 is 1.82 bits per heavy atom. The highest BCUT2D eigenvalue weighted by atomic mass is 32.2. The molecule has 0 unspecified atom stereocenters. The highest BCUT2D eigenvalue weighted by Gasteiger charge is 2.16. The molecule has 2 N–H and O–H groups in total. The van der Waals surface area contributed by atoms with Crippen molar-refractivity contribution >= 4 is 26.3 Å². The van der Waals surface area contributed by atoms with Crippen LogP contribution in [-0.4, -0.2) is 14.7 Å². The van der Waals surface area contributed by atoms with E-state index in [-0.39, 0.29) is 10.6 Å². The number of rotatable bonds is 2. The van der Waals surface area contributed by atoms with E-state index in [1.54, 1.807) is 12.1 Å². The van der Waals surface area contributed by atoms with Crippen molar-refractivity contribution in [3.05, 3.63) is 48.5 Å². The third kappa shape index (κ3) is 2.03. The molecular formula is C13H13NO2S. The van der Waals surface area contributed by atoms with Crippen molar-refractivity contribution in [1.82, 2.24) is 0 Å². The molecule has 4 heteroatoms. The zero-order chi connectivity index (χ0) is 12.6. The van der Waals surface area contributed by atoms with Crippen LogP contribution in [0.2, 0.25) is 0 Å². The average molecular weight is 247 g/mol. The first-order valence-corrected chi connectivity index (χ1v) is 6.97. The summed E-state index contributed by atoms with van der Waals surface area (Å²) in [5, 5.41) is 1.75. The van der Waals surface area contributed by atoms with Gasteiger partial charge in [-0.25, -0.2) is 8.42 Å². The van der Waals surface area contributed by atoms with Gasteiger partial charge in [-0.05, 0) is 16.8 Å². The molecule has 2 aromatic carbocycles. The molecule has 0 saturated heterocycles. The van der Waals surface area contributed by atoms with Crippen LogP contribution in [0.5, 0.6) is 0 Å². The quantitative estimate of drug-likeness (QED) is 0.884. The summed E-state index contributed by atoms with van der Waals surface area (Å²) in [5.74, 6) is 0. The number of nitrogens with two attached hydrogens (primary N) is 1. The van der Waals surface area contributed by atoms with E-state index >= 15 is 0 Å². The molecule has 0 bridgehead atoms. The standard InChI is InChI=1S/C13H13NO2S/c1-9(14)13-11-6-4-3-5-10(11)7-8-12(13)17(2,15)16/h3-8H,1,14H2,2H3. The second-order valence-electron chi connectivity index (χ2n) is 3.96. The lowest BCUT2D eigenvalue weighted by Gasteiger charge is -2.11. The minimum absolute atomic E-state index is 0.226. The Kier molecular flexibility index (Phi) is 2.67. The maximum Gasteiger partial charge on any atom is 0.176 e. The third-order valence-corrected chi connectivity index (χ3v) is 3.75. The maximum atomic E-state index is 11.7. The summed E-state index contributed by atoms with van der Waals surface area (Å²) in [4.78, 5) is 0.226. The first-order valence-electron chi connectivity index (χ1n) is 5.08. The number of benzene rings is 2. The van der Waals surface area contributed by atoms with Crippen molar-refractivity contribution in [2.24, 2.45) is 5.73 Å². The van der Waals surface area contributed by atoms with E-state index in [4.69, 9.17) is 5.73 Å². The maximum absolute atomic E-state index is 11.7. The van der Waals surface area contributed by atoms with Crippen molar-refractivity contribution in [1.29, 1.82) is 0 Å². The molecule has 0 spiro atoms. The monoisotopic (exact) mass is 247 g/mol. The van der Waals surface area contributed by atoms with Gasteiger partial charge < -0.3 is 5.73 Å². The molecule has 0 fully saturated rings. The summed E-state index contributed by atoms with van der Waals surface area (Å²) in [6, 6.07) is 10.8. The van der Waals surface area contributed by atoms with Gasteiger partial charge in [0.2, 0.25) is 0 Å². The van der Waals surface area contributed by atoms with Crippen molar-refractivity contribution in [3.8, 4) is 0 Å². The van der Waals surface area contributed by atoms with Gasteiger partial charge in [0.05, 0.1) is 4.90 Å². The molecule has 0 aromatic heterocycles. The molecule has 3 nitrogen and oxygen atoms in total. The number of sulfone groups is 1. The SMILES string of the molecule is C=C(N)c1c(S(C)(=O)=O)ccc2ccccc12. The predicted octanol–water partition coefficient (Wildman–Crippen LogP) is 2.17. The van der Waals surface area contributed by atoms with Gasteiger partial charge in [0.15, 0.2) is 9.84 Å². The van der Waals surface area contributed by atoms with Crippen LogP contribution in [0.15, 0.2) is 47.9 Å². The molecular weight excluding hydrogens is 234 g/mol. The fraction of sp³-hybridized carbons (Fsp3) is 0.0769. The molecule has 0 saturated carbocycles. The van der Waals surface area contributed by atoms with E-state index in [0.29, 0.717) is 5.56 Å². The molecule has 17 heavy (non-hydrogen) atoms. The molecule has 0 aliphatic heterocycles. The Bertz CT molecular complexity index is 702. The largest absolute Gasteiger partial charge is 0.399 e. The third-order valence-electron chi connectivity index (χ3n) is 2.61. The van der Waals surface area contributed by atoms with Crippen LogP contribution in [0, 0.1) is 0 Å². The van der Waals surface area contributed by atoms with Crippen LogP contribution in [-0.2, 0) is 9.84 Å². The number of fused-ring (bicyclic) bond motifs is 1. The van der Waals surface area contributed by atoms with E-state index in [9.17, 15) is 8.42 Å². The van der Waals surface area contributed by atoms with E-state index in [1.165, 1.54) is 6.26 Å². The zero-order valence-corrected chi connectivity index (χ0v) is 10.3. The van der Waals surface area contributed by atoms with Crippen molar-refractivity contribution in [3.63, 3.8) is 0 Å². The van der Waals surface area contributed by atoms with Gasteiger partial charge >= 0.3 is 0 Å².